The van der Waals surface area contributed by atoms with Gasteiger partial charge in [0.05, 0.1) is 0 Å². The minimum atomic E-state index is -2.05. The fourth-order valence-corrected chi connectivity index (χ4v) is 7.47. The van der Waals surface area contributed by atoms with Crippen molar-refractivity contribution in [3.63, 3.8) is 0 Å². The maximum absolute atomic E-state index is 12.4. The first-order valence-corrected chi connectivity index (χ1v) is 15.5. The Bertz CT molecular complexity index is 1120. The fraction of sp³-hybridized carbons (Fsp3) is 0.0952. The van der Waals surface area contributed by atoms with Gasteiger partial charge in [-0.3, -0.25) is 0 Å². The first-order valence-electron chi connectivity index (χ1n) is 8.77. The molecule has 140 valence electrons. The van der Waals surface area contributed by atoms with Crippen LogP contribution in [0.25, 0.3) is 17.2 Å². The number of thiol groups is 2. The summed E-state index contributed by atoms with van der Waals surface area (Å²) in [7, 11) is 9.00. The van der Waals surface area contributed by atoms with Gasteiger partial charge in [0.25, 0.3) is 0 Å². The number of aromatic hydroxyl groups is 1. The van der Waals surface area contributed by atoms with Gasteiger partial charge in [-0.2, -0.15) is 0 Å². The Kier molecular flexibility index (Phi) is 4.38. The van der Waals surface area contributed by atoms with E-state index in [4.69, 9.17) is 4.74 Å². The van der Waals surface area contributed by atoms with Crippen molar-refractivity contribution >= 4 is 51.7 Å². The molecule has 0 aromatic heterocycles. The molecule has 2 aliphatic carbocycles. The molecule has 2 N–H and O–H groups in total. The van der Waals surface area contributed by atoms with E-state index in [-0.39, 0.29) is 17.6 Å². The molecule has 1 atom stereocenters. The second-order valence-corrected chi connectivity index (χ2v) is 14.7. The van der Waals surface area contributed by atoms with Crippen molar-refractivity contribution in [2.24, 2.45) is 0 Å². The van der Waals surface area contributed by atoms with Crippen LogP contribution >= 0.6 is 21.8 Å². The van der Waals surface area contributed by atoms with Gasteiger partial charge < -0.3 is 0 Å². The van der Waals surface area contributed by atoms with Crippen LogP contribution in [0, 0.1) is 0 Å². The van der Waals surface area contributed by atoms with E-state index in [0.29, 0.717) is 27.1 Å². The summed E-state index contributed by atoms with van der Waals surface area (Å²) in [6, 6.07) is 9.46. The van der Waals surface area contributed by atoms with Crippen LogP contribution in [0.1, 0.15) is 11.1 Å². The third kappa shape index (κ3) is 2.74. The van der Waals surface area contributed by atoms with Crippen LogP contribution < -0.4 is 10.1 Å². The zero-order valence-corrected chi connectivity index (χ0v) is 18.3. The van der Waals surface area contributed by atoms with E-state index in [9.17, 15) is 9.90 Å². The molecule has 4 nitrogen and oxygen atoms in total. The number of carbonyl (C=O) groups excluding carboxylic acids is 1. The van der Waals surface area contributed by atoms with Gasteiger partial charge in [0, 0.05) is 0 Å². The summed E-state index contributed by atoms with van der Waals surface area (Å²) in [5, 5.41) is 14.1. The monoisotopic (exact) mass is 469 g/mol. The number of fused-ring (bicyclic) bond motifs is 3. The average molecular weight is 469 g/mol. The van der Waals surface area contributed by atoms with Crippen molar-refractivity contribution in [2.75, 3.05) is 5.32 Å². The molecule has 1 aliphatic heterocycles. The van der Waals surface area contributed by atoms with Gasteiger partial charge in [-0.15, -0.1) is 0 Å². The fourth-order valence-electron chi connectivity index (χ4n) is 3.92. The van der Waals surface area contributed by atoms with E-state index in [0.717, 1.165) is 17.5 Å². The summed E-state index contributed by atoms with van der Waals surface area (Å²) in [4.78, 5) is 12.4. The molecule has 0 bridgehead atoms. The number of phenols is 1. The number of ketones is 1. The molecule has 0 radical (unpaired) electrons. The molecule has 0 spiro atoms. The Labute approximate surface area is 176 Å². The molecule has 5 rings (SSSR count). The van der Waals surface area contributed by atoms with Gasteiger partial charge in [0.2, 0.25) is 0 Å². The first kappa shape index (κ1) is 18.0. The SMILES string of the molecule is O=C1C=CC2Oc3ccc(O)c(-c4cccc5c4CC=C5)c3NC2=C1[As](S)S. The summed E-state index contributed by atoms with van der Waals surface area (Å²) in [5.41, 5.74) is 5.31. The van der Waals surface area contributed by atoms with Crippen LogP contribution in [0.3, 0.4) is 0 Å². The van der Waals surface area contributed by atoms with Crippen molar-refractivity contribution in [1.29, 1.82) is 0 Å². The summed E-state index contributed by atoms with van der Waals surface area (Å²) in [6.07, 6.45) is 7.92. The van der Waals surface area contributed by atoms with Gasteiger partial charge in [-0.1, -0.05) is 0 Å². The summed E-state index contributed by atoms with van der Waals surface area (Å²) >= 11 is -2.05. The number of ether oxygens (including phenoxy) is 1. The van der Waals surface area contributed by atoms with E-state index in [1.807, 2.05) is 12.1 Å². The Hall–Kier alpha value is -2.01. The molecule has 2 aromatic rings. The minimum absolute atomic E-state index is 0.0812. The Morgan fingerprint density at radius 1 is 1.18 bits per heavy atom. The van der Waals surface area contributed by atoms with Crippen LogP contribution in [-0.4, -0.2) is 29.3 Å². The average Bonchev–Trinajstić information content (AvgIpc) is 3.15. The third-order valence-electron chi connectivity index (χ3n) is 5.16. The zero-order chi connectivity index (χ0) is 19.4. The van der Waals surface area contributed by atoms with Crippen LogP contribution in [-0.2, 0) is 11.2 Å². The zero-order valence-electron chi connectivity index (χ0n) is 14.6. The summed E-state index contributed by atoms with van der Waals surface area (Å²) in [6.45, 7) is 0. The summed E-state index contributed by atoms with van der Waals surface area (Å²) < 4.78 is 6.77. The van der Waals surface area contributed by atoms with Crippen molar-refractivity contribution in [3.05, 3.63) is 69.7 Å². The van der Waals surface area contributed by atoms with E-state index < -0.39 is 12.3 Å². The number of anilines is 1. The number of hydrogen-bond acceptors (Lipinski definition) is 6. The van der Waals surface area contributed by atoms with Gasteiger partial charge in [0.1, 0.15) is 0 Å². The number of allylic oxidation sites excluding steroid dienone is 3. The maximum atomic E-state index is 12.4. The third-order valence-corrected chi connectivity index (χ3v) is 9.04. The molecule has 7 heteroatoms. The predicted molar refractivity (Wildman–Crippen MR) is 119 cm³/mol. The number of nitrogens with one attached hydrogen (secondary N) is 1. The van der Waals surface area contributed by atoms with Crippen molar-refractivity contribution in [2.45, 2.75) is 12.5 Å². The normalized spacial score (nSPS) is 19.2. The molecule has 3 aliphatic rings. The van der Waals surface area contributed by atoms with Crippen LogP contribution in [0.5, 0.6) is 11.5 Å². The van der Waals surface area contributed by atoms with Gasteiger partial charge in [-0.25, -0.2) is 0 Å². The standard InChI is InChI=1S/C21H16AsNO3S2/c24-14-7-9-16-20(18(14)13-6-2-4-11-3-1-5-12(11)13)23-21-17(26-16)10-8-15(25)19(21)22(27)28/h1-4,6-10,17,23-24,27-28H,5H2. The van der Waals surface area contributed by atoms with E-state index in [2.05, 4.69) is 45.3 Å². The molecular formula is C21H16AsNO3S2. The quantitative estimate of drug-likeness (QED) is 0.396. The second-order valence-electron chi connectivity index (χ2n) is 6.75. The Balaban J connectivity index is 1.72. The van der Waals surface area contributed by atoms with E-state index >= 15 is 0 Å². The number of phenolic OH excluding ortho intramolecular Hbond substituents is 1. The molecule has 1 heterocycles. The number of hydrogen-bond donors (Lipinski definition) is 4. The first-order chi connectivity index (χ1) is 13.5. The number of rotatable bonds is 2. The topological polar surface area (TPSA) is 58.6 Å². The molecule has 0 fully saturated rings. The number of carbonyl (C=O) groups is 1. The van der Waals surface area contributed by atoms with E-state index in [1.165, 1.54) is 11.6 Å². The van der Waals surface area contributed by atoms with Crippen molar-refractivity contribution < 1.29 is 14.6 Å². The molecule has 28 heavy (non-hydrogen) atoms. The second kappa shape index (κ2) is 6.80. The van der Waals surface area contributed by atoms with E-state index in [1.54, 1.807) is 18.2 Å². The van der Waals surface area contributed by atoms with Crippen LogP contribution in [0.15, 0.2) is 58.6 Å². The Morgan fingerprint density at radius 2 is 2.04 bits per heavy atom. The molecule has 0 saturated heterocycles. The number of benzene rings is 2. The van der Waals surface area contributed by atoms with Crippen molar-refractivity contribution in [1.82, 2.24) is 0 Å². The van der Waals surface area contributed by atoms with Gasteiger partial charge in [0.15, 0.2) is 0 Å². The van der Waals surface area contributed by atoms with Crippen LogP contribution in [0.2, 0.25) is 0 Å². The van der Waals surface area contributed by atoms with Gasteiger partial charge >= 0.3 is 177 Å². The Morgan fingerprint density at radius 3 is 2.86 bits per heavy atom. The summed E-state index contributed by atoms with van der Waals surface area (Å²) in [5.74, 6) is 0.725. The van der Waals surface area contributed by atoms with Crippen molar-refractivity contribution in [3.8, 4) is 22.6 Å². The van der Waals surface area contributed by atoms with Crippen LogP contribution in [0.4, 0.5) is 5.69 Å². The van der Waals surface area contributed by atoms with Gasteiger partial charge in [-0.05, 0) is 0 Å². The molecule has 0 amide bonds. The molecule has 2 aromatic carbocycles. The molecular weight excluding hydrogens is 453 g/mol. The molecule has 0 saturated carbocycles. The molecule has 1 unspecified atom stereocenters. The predicted octanol–water partition coefficient (Wildman–Crippen LogP) is 4.08.